The molecule has 3 heterocycles. The Labute approximate surface area is 254 Å². The number of nitrogens with one attached hydrogen (secondary N) is 1. The zero-order chi connectivity index (χ0) is 29.8. The second-order valence-electron chi connectivity index (χ2n) is 10.5. The van der Waals surface area contributed by atoms with Crippen LogP contribution in [0, 0.1) is 6.92 Å². The lowest BCUT2D eigenvalue weighted by molar-refractivity contribution is -0.130. The molecule has 0 spiro atoms. The molecule has 42 heavy (non-hydrogen) atoms. The number of piperazine rings is 2. The van der Waals surface area contributed by atoms with Crippen LogP contribution in [-0.4, -0.2) is 104 Å². The molecule has 12 heteroatoms. The summed E-state index contributed by atoms with van der Waals surface area (Å²) in [6, 6.07) is 11.4. The molecule has 3 aromatic rings. The summed E-state index contributed by atoms with van der Waals surface area (Å²) < 4.78 is 6.44. The fraction of sp³-hybridized carbons (Fsp3) is 0.400. The minimum Gasteiger partial charge on any atom is -0.496 e. The Morgan fingerprint density at radius 3 is 2.26 bits per heavy atom. The van der Waals surface area contributed by atoms with Crippen molar-refractivity contribution >= 4 is 51.6 Å². The highest BCUT2D eigenvalue weighted by atomic mass is 32.2. The molecule has 0 bridgehead atoms. The molecule has 10 nitrogen and oxygen atoms in total. The molecular weight excluding hydrogens is 573 g/mol. The minimum absolute atomic E-state index is 0.0212. The summed E-state index contributed by atoms with van der Waals surface area (Å²) in [7, 11) is 3.69. The Hall–Kier alpha value is -3.61. The van der Waals surface area contributed by atoms with Gasteiger partial charge in [-0.3, -0.25) is 19.7 Å². The van der Waals surface area contributed by atoms with E-state index in [2.05, 4.69) is 27.1 Å². The molecule has 0 radical (unpaired) electrons. The number of hydrogen-bond donors (Lipinski definition) is 1. The fourth-order valence-electron chi connectivity index (χ4n) is 5.03. The van der Waals surface area contributed by atoms with E-state index in [1.54, 1.807) is 30.0 Å². The van der Waals surface area contributed by atoms with Crippen molar-refractivity contribution in [2.75, 3.05) is 76.7 Å². The van der Waals surface area contributed by atoms with Crippen LogP contribution < -0.4 is 15.0 Å². The number of nitrogens with zero attached hydrogens (tertiary/aromatic N) is 5. The van der Waals surface area contributed by atoms with Gasteiger partial charge in [0.2, 0.25) is 5.91 Å². The molecule has 2 aliphatic rings. The third-order valence-corrected chi connectivity index (χ3v) is 9.83. The van der Waals surface area contributed by atoms with Crippen LogP contribution in [0.1, 0.15) is 33.2 Å². The molecule has 2 fully saturated rings. The molecule has 0 atom stereocenters. The van der Waals surface area contributed by atoms with E-state index in [-0.39, 0.29) is 17.7 Å². The van der Waals surface area contributed by atoms with E-state index in [4.69, 9.17) is 4.74 Å². The van der Waals surface area contributed by atoms with E-state index in [0.29, 0.717) is 48.2 Å². The number of benzene rings is 2. The van der Waals surface area contributed by atoms with Crippen molar-refractivity contribution in [2.45, 2.75) is 23.0 Å². The number of hydrogen-bond acceptors (Lipinski definition) is 9. The van der Waals surface area contributed by atoms with Gasteiger partial charge in [-0.05, 0) is 55.9 Å². The molecule has 2 aliphatic heterocycles. The Morgan fingerprint density at radius 1 is 0.952 bits per heavy atom. The topological polar surface area (TPSA) is 98.3 Å². The first-order valence-electron chi connectivity index (χ1n) is 13.9. The van der Waals surface area contributed by atoms with Crippen molar-refractivity contribution in [1.29, 1.82) is 0 Å². The average molecular weight is 609 g/mol. The summed E-state index contributed by atoms with van der Waals surface area (Å²) in [5.74, 6) is 0.219. The summed E-state index contributed by atoms with van der Waals surface area (Å²) >= 11 is 2.88. The molecule has 2 aromatic carbocycles. The maximum absolute atomic E-state index is 13.4. The van der Waals surface area contributed by atoms with Crippen molar-refractivity contribution in [2.24, 2.45) is 0 Å². The van der Waals surface area contributed by atoms with E-state index in [1.807, 2.05) is 43.3 Å². The highest BCUT2D eigenvalue weighted by Gasteiger charge is 2.26. The van der Waals surface area contributed by atoms with Gasteiger partial charge in [-0.15, -0.1) is 0 Å². The smallest absolute Gasteiger partial charge is 0.257 e. The van der Waals surface area contributed by atoms with Crippen LogP contribution in [0.25, 0.3) is 0 Å². The molecule has 0 aliphatic carbocycles. The molecule has 3 amide bonds. The normalized spacial score (nSPS) is 16.0. The monoisotopic (exact) mass is 608 g/mol. The number of carbonyl (C=O) groups excluding carboxylic acids is 3. The first-order chi connectivity index (χ1) is 20.2. The standard InChI is InChI=1S/C30H36N6O4S2/c1-20-17-25(40-4)24(29(39)36-15-13-34(14-16-36)21(2)37)18-26(20)41-27-19-31-30(42-27)32-28(38)22-5-7-23(8-6-22)35-11-9-33(3)10-12-35/h5-8,17-19H,9-16H2,1-4H3,(H,31,32,38). The second kappa shape index (κ2) is 13.1. The zero-order valence-corrected chi connectivity index (χ0v) is 26.0. The molecular formula is C30H36N6O4S2. The van der Waals surface area contributed by atoms with Crippen molar-refractivity contribution in [3.05, 3.63) is 59.3 Å². The number of thiazole rings is 1. The van der Waals surface area contributed by atoms with Crippen LogP contribution in [-0.2, 0) is 4.79 Å². The number of methoxy groups -OCH3 is 1. The number of aryl methyl sites for hydroxylation is 1. The fourth-order valence-corrected chi connectivity index (χ4v) is 6.97. The molecule has 1 aromatic heterocycles. The second-order valence-corrected chi connectivity index (χ2v) is 12.9. The number of likely N-dealkylation sites (N-methyl/N-ethyl adjacent to an activating group) is 1. The summed E-state index contributed by atoms with van der Waals surface area (Å²) in [6.45, 7) is 9.53. The van der Waals surface area contributed by atoms with Gasteiger partial charge in [-0.25, -0.2) is 4.98 Å². The summed E-state index contributed by atoms with van der Waals surface area (Å²) in [5, 5.41) is 3.42. The predicted molar refractivity (Wildman–Crippen MR) is 166 cm³/mol. The minimum atomic E-state index is -0.204. The number of rotatable bonds is 7. The lowest BCUT2D eigenvalue weighted by Crippen LogP contribution is -2.50. The Balaban J connectivity index is 1.23. The van der Waals surface area contributed by atoms with Gasteiger partial charge in [0.05, 0.1) is 23.1 Å². The van der Waals surface area contributed by atoms with E-state index in [9.17, 15) is 14.4 Å². The van der Waals surface area contributed by atoms with E-state index in [0.717, 1.165) is 46.5 Å². The van der Waals surface area contributed by atoms with Crippen LogP contribution in [0.15, 0.2) is 51.7 Å². The van der Waals surface area contributed by atoms with Crippen molar-refractivity contribution in [1.82, 2.24) is 19.7 Å². The van der Waals surface area contributed by atoms with Gasteiger partial charge < -0.3 is 24.3 Å². The number of ether oxygens (including phenoxy) is 1. The Bertz CT molecular complexity index is 1440. The SMILES string of the molecule is COc1cc(C)c(Sc2cnc(NC(=O)c3ccc(N4CCN(C)CC4)cc3)s2)cc1C(=O)N1CCN(C(C)=O)CC1. The van der Waals surface area contributed by atoms with Crippen molar-refractivity contribution < 1.29 is 19.1 Å². The number of amides is 3. The van der Waals surface area contributed by atoms with Crippen LogP contribution in [0.5, 0.6) is 5.75 Å². The van der Waals surface area contributed by atoms with Gasteiger partial charge in [0.25, 0.3) is 11.8 Å². The molecule has 222 valence electrons. The molecule has 0 saturated carbocycles. The largest absolute Gasteiger partial charge is 0.496 e. The first kappa shape index (κ1) is 29.9. The van der Waals surface area contributed by atoms with Crippen LogP contribution >= 0.6 is 23.1 Å². The highest BCUT2D eigenvalue weighted by Crippen LogP contribution is 2.38. The molecule has 5 rings (SSSR count). The third kappa shape index (κ3) is 6.88. The van der Waals surface area contributed by atoms with Gasteiger partial charge in [0, 0.05) is 75.4 Å². The first-order valence-corrected chi connectivity index (χ1v) is 15.6. The number of anilines is 2. The summed E-state index contributed by atoms with van der Waals surface area (Å²) in [4.78, 5) is 51.5. The van der Waals surface area contributed by atoms with Gasteiger partial charge in [0.1, 0.15) is 5.75 Å². The number of aromatic nitrogens is 1. The highest BCUT2D eigenvalue weighted by molar-refractivity contribution is 8.01. The molecule has 2 saturated heterocycles. The summed E-state index contributed by atoms with van der Waals surface area (Å²) in [6.07, 6.45) is 1.73. The van der Waals surface area contributed by atoms with E-state index in [1.165, 1.54) is 23.1 Å². The van der Waals surface area contributed by atoms with E-state index < -0.39 is 0 Å². The lowest BCUT2D eigenvalue weighted by atomic mass is 10.1. The molecule has 0 unspecified atom stereocenters. The lowest BCUT2D eigenvalue weighted by Gasteiger charge is -2.34. The average Bonchev–Trinajstić information content (AvgIpc) is 3.44. The van der Waals surface area contributed by atoms with E-state index >= 15 is 0 Å². The third-order valence-electron chi connectivity index (χ3n) is 7.65. The van der Waals surface area contributed by atoms with Gasteiger partial charge in [0.15, 0.2) is 5.13 Å². The maximum atomic E-state index is 13.4. The van der Waals surface area contributed by atoms with Gasteiger partial charge >= 0.3 is 0 Å². The zero-order valence-electron chi connectivity index (χ0n) is 24.4. The van der Waals surface area contributed by atoms with Crippen molar-refractivity contribution in [3.63, 3.8) is 0 Å². The summed E-state index contributed by atoms with van der Waals surface area (Å²) in [5.41, 5.74) is 3.16. The maximum Gasteiger partial charge on any atom is 0.257 e. The van der Waals surface area contributed by atoms with Crippen molar-refractivity contribution in [3.8, 4) is 5.75 Å². The van der Waals surface area contributed by atoms with Gasteiger partial charge in [-0.1, -0.05) is 23.1 Å². The quantitative estimate of drug-likeness (QED) is 0.431. The molecule has 1 N–H and O–H groups in total. The van der Waals surface area contributed by atoms with Crippen LogP contribution in [0.3, 0.4) is 0 Å². The predicted octanol–water partition coefficient (Wildman–Crippen LogP) is 3.92. The Morgan fingerprint density at radius 2 is 1.62 bits per heavy atom. The Kier molecular flexibility index (Phi) is 9.34. The van der Waals surface area contributed by atoms with Crippen LogP contribution in [0.4, 0.5) is 10.8 Å². The van der Waals surface area contributed by atoms with Gasteiger partial charge in [-0.2, -0.15) is 0 Å². The number of carbonyl (C=O) groups is 3. The van der Waals surface area contributed by atoms with Crippen LogP contribution in [0.2, 0.25) is 0 Å².